The number of fused-ring (bicyclic) bond motifs is 8. The third-order valence-corrected chi connectivity index (χ3v) is 13.0. The lowest BCUT2D eigenvalue weighted by Gasteiger charge is -2.19. The normalized spacial score (nSPS) is 14.2. The zero-order valence-corrected chi connectivity index (χ0v) is 33.3. The minimum atomic E-state index is -0.609. The summed E-state index contributed by atoms with van der Waals surface area (Å²) < 4.78 is 81.9. The number of hydrogen-bond acceptors (Lipinski definition) is 5. The average molecular weight is 789 g/mol. The first-order chi connectivity index (χ1) is 32.1. The van der Waals surface area contributed by atoms with E-state index in [0.29, 0.717) is 23.0 Å². The SMILES string of the molecule is [2H]c1c([2H])c([2H])c(-c2c([2H])c([2H])c([2H])c(-c3ccc4sc5ccc(-c6nc(-c7ccc(C(C)(C)C)cc7)nc(-c7ccc8c(c7)sc7c9ccccc9ccc87)n6)cc5c4c3)c2[2H])c([2H])c1[2H]. The van der Waals surface area contributed by atoms with Crippen molar-refractivity contribution in [3.05, 3.63) is 175 Å². The summed E-state index contributed by atoms with van der Waals surface area (Å²) in [5.41, 5.74) is 3.42. The fourth-order valence-electron chi connectivity index (χ4n) is 7.59. The fraction of sp³-hybridized carbons (Fsp3) is 0.0755. The van der Waals surface area contributed by atoms with E-state index in [2.05, 4.69) is 99.6 Å². The molecule has 5 heteroatoms. The van der Waals surface area contributed by atoms with Gasteiger partial charge in [0.25, 0.3) is 0 Å². The summed E-state index contributed by atoms with van der Waals surface area (Å²) in [5.74, 6) is 1.55. The molecule has 3 nitrogen and oxygen atoms in total. The largest absolute Gasteiger partial charge is 0.208 e. The Balaban J connectivity index is 1.07. The smallest absolute Gasteiger partial charge is 0.164 e. The Labute approximate surface area is 357 Å². The van der Waals surface area contributed by atoms with Crippen molar-refractivity contribution >= 4 is 73.8 Å². The van der Waals surface area contributed by atoms with E-state index in [-0.39, 0.29) is 34.2 Å². The van der Waals surface area contributed by atoms with Gasteiger partial charge >= 0.3 is 0 Å². The summed E-state index contributed by atoms with van der Waals surface area (Å²) in [6.45, 7) is 6.54. The van der Waals surface area contributed by atoms with Crippen molar-refractivity contribution in [2.24, 2.45) is 0 Å². The molecular weight excluding hydrogens is 743 g/mol. The van der Waals surface area contributed by atoms with Crippen molar-refractivity contribution in [3.8, 4) is 56.4 Å². The van der Waals surface area contributed by atoms with Crippen molar-refractivity contribution in [1.29, 1.82) is 0 Å². The molecule has 0 saturated carbocycles. The molecule has 0 N–H and O–H groups in total. The highest BCUT2D eigenvalue weighted by Crippen LogP contribution is 2.42. The summed E-state index contributed by atoms with van der Waals surface area (Å²) in [5, 5.41) is 6.50. The maximum atomic E-state index is 9.32. The molecule has 0 saturated heterocycles. The second-order valence-electron chi connectivity index (χ2n) is 15.4. The first-order valence-electron chi connectivity index (χ1n) is 23.4. The third-order valence-electron chi connectivity index (χ3n) is 10.7. The minimum Gasteiger partial charge on any atom is -0.208 e. The lowest BCUT2D eigenvalue weighted by Crippen LogP contribution is -2.10. The van der Waals surface area contributed by atoms with E-state index >= 15 is 0 Å². The Morgan fingerprint density at radius 2 is 1.02 bits per heavy atom. The summed E-state index contributed by atoms with van der Waals surface area (Å²) in [4.78, 5) is 15.3. The molecule has 8 aromatic carbocycles. The Hall–Kier alpha value is -6.53. The number of hydrogen-bond donors (Lipinski definition) is 0. The van der Waals surface area contributed by atoms with E-state index in [1.165, 1.54) is 31.8 Å². The molecule has 3 aromatic heterocycles. The maximum Gasteiger partial charge on any atom is 0.164 e. The van der Waals surface area contributed by atoms with Crippen LogP contribution >= 0.6 is 22.7 Å². The molecule has 11 aromatic rings. The standard InChI is InChI=1S/C53H37N3S2/c1-53(2,3)40-22-16-34(17-23-40)50-54-51(56-52(55-50)39-19-24-42-43-25-18-33-12-7-8-15-41(33)49(43)58-48(42)31-39)38-21-27-47-45(30-38)44-29-37(20-26-46(44)57-47)36-14-9-13-35(28-36)32-10-5-4-6-11-32/h4-31H,1-3H3/i4D,5D,6D,9D,10D,11D,13D,14D,28D. The van der Waals surface area contributed by atoms with Crippen molar-refractivity contribution in [2.75, 3.05) is 0 Å². The molecule has 0 spiro atoms. The van der Waals surface area contributed by atoms with Crippen LogP contribution in [0, 0.1) is 0 Å². The Morgan fingerprint density at radius 3 is 1.76 bits per heavy atom. The molecule has 0 bridgehead atoms. The summed E-state index contributed by atoms with van der Waals surface area (Å²) in [6, 6.07) is 34.3. The van der Waals surface area contributed by atoms with E-state index in [1.54, 1.807) is 28.7 Å². The van der Waals surface area contributed by atoms with Gasteiger partial charge in [-0.05, 0) is 86.4 Å². The molecule has 58 heavy (non-hydrogen) atoms. The van der Waals surface area contributed by atoms with Crippen LogP contribution in [0.15, 0.2) is 170 Å². The van der Waals surface area contributed by atoms with Crippen molar-refractivity contribution in [2.45, 2.75) is 26.2 Å². The Bertz CT molecular complexity index is 3880. The molecule has 0 unspecified atom stereocenters. The van der Waals surface area contributed by atoms with E-state index in [4.69, 9.17) is 25.9 Å². The van der Waals surface area contributed by atoms with Crippen LogP contribution < -0.4 is 0 Å². The van der Waals surface area contributed by atoms with Crippen LogP contribution in [0.1, 0.15) is 38.7 Å². The highest BCUT2D eigenvalue weighted by molar-refractivity contribution is 7.26. The number of aromatic nitrogens is 3. The van der Waals surface area contributed by atoms with Gasteiger partial charge < -0.3 is 0 Å². The first kappa shape index (κ1) is 26.4. The van der Waals surface area contributed by atoms with Crippen molar-refractivity contribution in [1.82, 2.24) is 15.0 Å². The van der Waals surface area contributed by atoms with Crippen LogP contribution in [0.25, 0.3) is 108 Å². The first-order valence-corrected chi connectivity index (χ1v) is 20.6. The number of thiophene rings is 2. The average Bonchev–Trinajstić information content (AvgIpc) is 3.90. The summed E-state index contributed by atoms with van der Waals surface area (Å²) >= 11 is 3.34. The molecule has 0 aliphatic heterocycles. The van der Waals surface area contributed by atoms with Gasteiger partial charge in [0.15, 0.2) is 17.5 Å². The molecule has 0 fully saturated rings. The molecule has 0 aliphatic rings. The highest BCUT2D eigenvalue weighted by atomic mass is 32.1. The van der Waals surface area contributed by atoms with E-state index in [1.807, 2.05) is 30.3 Å². The van der Waals surface area contributed by atoms with Gasteiger partial charge in [0.2, 0.25) is 0 Å². The van der Waals surface area contributed by atoms with Crippen LogP contribution in [0.4, 0.5) is 0 Å². The van der Waals surface area contributed by atoms with Gasteiger partial charge in [-0.2, -0.15) is 0 Å². The molecule has 0 radical (unpaired) electrons. The van der Waals surface area contributed by atoms with Crippen LogP contribution in [-0.2, 0) is 5.41 Å². The predicted molar refractivity (Wildman–Crippen MR) is 249 cm³/mol. The number of nitrogens with zero attached hydrogens (tertiary/aromatic N) is 3. The lowest BCUT2D eigenvalue weighted by atomic mass is 9.87. The lowest BCUT2D eigenvalue weighted by molar-refractivity contribution is 0.590. The van der Waals surface area contributed by atoms with Gasteiger partial charge in [-0.3, -0.25) is 0 Å². The summed E-state index contributed by atoms with van der Waals surface area (Å²) in [7, 11) is 0. The molecule has 0 amide bonds. The van der Waals surface area contributed by atoms with Crippen LogP contribution in [0.5, 0.6) is 0 Å². The molecule has 11 rings (SSSR count). The number of benzene rings is 8. The van der Waals surface area contributed by atoms with Gasteiger partial charge in [-0.25, -0.2) is 15.0 Å². The highest BCUT2D eigenvalue weighted by Gasteiger charge is 2.18. The second-order valence-corrected chi connectivity index (χ2v) is 17.5. The van der Waals surface area contributed by atoms with Gasteiger partial charge in [-0.1, -0.05) is 148 Å². The Kier molecular flexibility index (Phi) is 6.17. The van der Waals surface area contributed by atoms with Gasteiger partial charge in [0.05, 0.1) is 12.3 Å². The van der Waals surface area contributed by atoms with E-state index < -0.39 is 42.3 Å². The quantitative estimate of drug-likeness (QED) is 0.174. The predicted octanol–water partition coefficient (Wildman–Crippen LogP) is 15.4. The van der Waals surface area contributed by atoms with Gasteiger partial charge in [0, 0.05) is 57.0 Å². The fourth-order valence-corrected chi connectivity index (χ4v) is 9.93. The third kappa shape index (κ3) is 6.06. The van der Waals surface area contributed by atoms with Gasteiger partial charge in [0.1, 0.15) is 0 Å². The topological polar surface area (TPSA) is 38.7 Å². The molecule has 3 heterocycles. The molecule has 0 atom stereocenters. The zero-order valence-electron chi connectivity index (χ0n) is 40.6. The van der Waals surface area contributed by atoms with Gasteiger partial charge in [-0.15, -0.1) is 22.7 Å². The molecule has 276 valence electrons. The number of rotatable bonds is 5. The minimum absolute atomic E-state index is 0.0215. The molecule has 0 aliphatic carbocycles. The Morgan fingerprint density at radius 1 is 0.431 bits per heavy atom. The maximum absolute atomic E-state index is 9.32. The van der Waals surface area contributed by atoms with E-state index in [0.717, 1.165) is 41.6 Å². The van der Waals surface area contributed by atoms with Crippen molar-refractivity contribution < 1.29 is 12.3 Å². The monoisotopic (exact) mass is 788 g/mol. The van der Waals surface area contributed by atoms with Crippen LogP contribution in [0.3, 0.4) is 0 Å². The van der Waals surface area contributed by atoms with Crippen molar-refractivity contribution in [3.63, 3.8) is 0 Å². The van der Waals surface area contributed by atoms with Crippen LogP contribution in [-0.4, -0.2) is 15.0 Å². The zero-order chi connectivity index (χ0) is 46.8. The molecular formula is C53H37N3S2. The van der Waals surface area contributed by atoms with E-state index in [9.17, 15) is 1.37 Å². The summed E-state index contributed by atoms with van der Waals surface area (Å²) in [6.07, 6.45) is 0. The second kappa shape index (κ2) is 13.6. The van der Waals surface area contributed by atoms with Crippen LogP contribution in [0.2, 0.25) is 0 Å².